The second-order valence-electron chi connectivity index (χ2n) is 7.07. The van der Waals surface area contributed by atoms with E-state index in [9.17, 15) is 28.1 Å². The lowest BCUT2D eigenvalue weighted by molar-refractivity contribution is -0.385. The number of halogens is 4. The number of hydrogen-bond acceptors (Lipinski definition) is 6. The molecular weight excluding hydrogens is 569 g/mol. The third-order valence-corrected chi connectivity index (χ3v) is 6.62. The number of ether oxygens (including phenoxy) is 1. The summed E-state index contributed by atoms with van der Waals surface area (Å²) in [7, 11) is 0. The maximum atomic E-state index is 13.1. The van der Waals surface area contributed by atoms with Gasteiger partial charge in [0, 0.05) is 16.1 Å². The van der Waals surface area contributed by atoms with E-state index in [0.717, 1.165) is 22.3 Å². The van der Waals surface area contributed by atoms with Crippen LogP contribution in [-0.4, -0.2) is 15.2 Å². The number of carbonyl (C=O) groups excluding carboxylic acids is 1. The van der Waals surface area contributed by atoms with Crippen LogP contribution in [0.1, 0.15) is 11.1 Å². The Morgan fingerprint density at radius 1 is 1.06 bits per heavy atom. The van der Waals surface area contributed by atoms with E-state index in [-0.39, 0.29) is 22.3 Å². The van der Waals surface area contributed by atoms with Gasteiger partial charge in [-0.25, -0.2) is 0 Å². The predicted octanol–water partition coefficient (Wildman–Crippen LogP) is 7.57. The Kier molecular flexibility index (Phi) is 6.97. The molecule has 1 saturated heterocycles. The maximum absolute atomic E-state index is 13.1. The second kappa shape index (κ2) is 9.80. The van der Waals surface area contributed by atoms with Gasteiger partial charge in [-0.1, -0.05) is 58.1 Å². The van der Waals surface area contributed by atoms with Crippen molar-refractivity contribution in [3.8, 4) is 11.5 Å². The summed E-state index contributed by atoms with van der Waals surface area (Å²) in [5.74, 6) is -0.617. The van der Waals surface area contributed by atoms with Gasteiger partial charge in [0.2, 0.25) is 5.75 Å². The molecule has 0 spiro atoms. The van der Waals surface area contributed by atoms with E-state index >= 15 is 0 Å². The van der Waals surface area contributed by atoms with Gasteiger partial charge in [0.1, 0.15) is 5.75 Å². The summed E-state index contributed by atoms with van der Waals surface area (Å²) >= 11 is 9.78. The molecule has 0 saturated carbocycles. The number of alkyl halides is 3. The van der Waals surface area contributed by atoms with Crippen molar-refractivity contribution in [2.75, 3.05) is 4.90 Å². The van der Waals surface area contributed by atoms with Crippen LogP contribution in [0, 0.1) is 10.1 Å². The minimum Gasteiger partial charge on any atom is -0.449 e. The zero-order chi connectivity index (χ0) is 25.3. The minimum atomic E-state index is -4.75. The highest BCUT2D eigenvalue weighted by atomic mass is 79.9. The van der Waals surface area contributed by atoms with Crippen LogP contribution in [0.15, 0.2) is 76.1 Å². The van der Waals surface area contributed by atoms with Gasteiger partial charge in [-0.2, -0.15) is 13.2 Å². The summed E-state index contributed by atoms with van der Waals surface area (Å²) in [5.41, 5.74) is -1.03. The lowest BCUT2D eigenvalue weighted by atomic mass is 10.1. The van der Waals surface area contributed by atoms with Crippen molar-refractivity contribution in [2.45, 2.75) is 6.18 Å². The lowest BCUT2D eigenvalue weighted by Gasteiger charge is -2.14. The number of amides is 1. The van der Waals surface area contributed by atoms with Gasteiger partial charge in [-0.3, -0.25) is 19.8 Å². The molecule has 0 N–H and O–H groups in total. The molecule has 1 aliphatic heterocycles. The number of para-hydroxylation sites is 1. The molecule has 0 radical (unpaired) electrons. The molecule has 1 heterocycles. The second-order valence-corrected chi connectivity index (χ2v) is 9.66. The smallest absolute Gasteiger partial charge is 0.416 e. The van der Waals surface area contributed by atoms with Crippen LogP contribution in [0.3, 0.4) is 0 Å². The molecule has 178 valence electrons. The standard InChI is InChI=1S/C23H12BrF3N2O4S2/c24-15-6-8-16(9-7-15)28-21(30)20(35-22(28)34)11-13-3-1-2-4-18(13)33-19-10-5-14(23(25,26)27)12-17(19)29(31)32/h1-12H/b20-11+. The van der Waals surface area contributed by atoms with Crippen molar-refractivity contribution < 1.29 is 27.6 Å². The number of nitrogens with zero attached hydrogens (tertiary/aromatic N) is 2. The fraction of sp³-hybridized carbons (Fsp3) is 0.0435. The molecular formula is C23H12BrF3N2O4S2. The fourth-order valence-corrected chi connectivity index (χ4v) is 4.71. The van der Waals surface area contributed by atoms with Crippen LogP contribution in [0.25, 0.3) is 6.08 Å². The molecule has 0 unspecified atom stereocenters. The summed E-state index contributed by atoms with van der Waals surface area (Å²) < 4.78 is 45.8. The third kappa shape index (κ3) is 5.39. The Labute approximate surface area is 214 Å². The number of anilines is 1. The third-order valence-electron chi connectivity index (χ3n) is 4.79. The Balaban J connectivity index is 1.67. The predicted molar refractivity (Wildman–Crippen MR) is 134 cm³/mol. The first-order chi connectivity index (χ1) is 16.5. The van der Waals surface area contributed by atoms with Crippen molar-refractivity contribution in [3.05, 3.63) is 97.3 Å². The average molecular weight is 581 g/mol. The van der Waals surface area contributed by atoms with Crippen molar-refractivity contribution in [1.82, 2.24) is 0 Å². The van der Waals surface area contributed by atoms with Crippen molar-refractivity contribution >= 4 is 67.6 Å². The number of carbonyl (C=O) groups is 1. The molecule has 0 aromatic heterocycles. The number of thiocarbonyl (C=S) groups is 1. The number of benzene rings is 3. The monoisotopic (exact) mass is 580 g/mol. The molecule has 1 aliphatic rings. The molecule has 0 bridgehead atoms. The van der Waals surface area contributed by atoms with Crippen molar-refractivity contribution in [3.63, 3.8) is 0 Å². The van der Waals surface area contributed by atoms with Gasteiger partial charge in [0.25, 0.3) is 5.91 Å². The zero-order valence-electron chi connectivity index (χ0n) is 17.3. The first-order valence-corrected chi connectivity index (χ1v) is 11.7. The lowest BCUT2D eigenvalue weighted by Crippen LogP contribution is -2.27. The van der Waals surface area contributed by atoms with Crippen LogP contribution in [0.4, 0.5) is 24.5 Å². The Bertz CT molecular complexity index is 1380. The Morgan fingerprint density at radius 3 is 2.40 bits per heavy atom. The van der Waals surface area contributed by atoms with E-state index < -0.39 is 22.4 Å². The van der Waals surface area contributed by atoms with Gasteiger partial charge >= 0.3 is 11.9 Å². The van der Waals surface area contributed by atoms with E-state index in [0.29, 0.717) is 27.7 Å². The number of rotatable bonds is 5. The highest BCUT2D eigenvalue weighted by Gasteiger charge is 2.35. The highest BCUT2D eigenvalue weighted by Crippen LogP contribution is 2.40. The average Bonchev–Trinajstić information content (AvgIpc) is 3.08. The molecule has 0 atom stereocenters. The van der Waals surface area contributed by atoms with Crippen molar-refractivity contribution in [2.24, 2.45) is 0 Å². The highest BCUT2D eigenvalue weighted by molar-refractivity contribution is 9.10. The molecule has 1 amide bonds. The van der Waals surface area contributed by atoms with Gasteiger partial charge in [-0.05, 0) is 48.5 Å². The van der Waals surface area contributed by atoms with Crippen LogP contribution in [0.5, 0.6) is 11.5 Å². The first kappa shape index (κ1) is 24.9. The molecule has 4 rings (SSSR count). The van der Waals surface area contributed by atoms with Gasteiger partial charge < -0.3 is 4.74 Å². The summed E-state index contributed by atoms with van der Waals surface area (Å²) in [6, 6.07) is 15.4. The molecule has 35 heavy (non-hydrogen) atoms. The molecule has 3 aromatic rings. The largest absolute Gasteiger partial charge is 0.449 e. The Morgan fingerprint density at radius 2 is 1.74 bits per heavy atom. The summed E-state index contributed by atoms with van der Waals surface area (Å²) in [6.07, 6.45) is -3.23. The molecule has 6 nitrogen and oxygen atoms in total. The molecule has 1 fully saturated rings. The van der Waals surface area contributed by atoms with Crippen LogP contribution < -0.4 is 9.64 Å². The molecule has 3 aromatic carbocycles. The minimum absolute atomic E-state index is 0.115. The van der Waals surface area contributed by atoms with E-state index in [1.807, 2.05) is 0 Å². The maximum Gasteiger partial charge on any atom is 0.416 e. The topological polar surface area (TPSA) is 72.7 Å². The van der Waals surface area contributed by atoms with E-state index in [1.54, 1.807) is 42.5 Å². The van der Waals surface area contributed by atoms with Crippen LogP contribution in [0.2, 0.25) is 0 Å². The number of nitro groups is 1. The first-order valence-electron chi connectivity index (χ1n) is 9.70. The van der Waals surface area contributed by atoms with E-state index in [2.05, 4.69) is 15.9 Å². The fourth-order valence-electron chi connectivity index (χ4n) is 3.16. The van der Waals surface area contributed by atoms with E-state index in [4.69, 9.17) is 17.0 Å². The summed E-state index contributed by atoms with van der Waals surface area (Å²) in [6.45, 7) is 0. The molecule has 12 heteroatoms. The van der Waals surface area contributed by atoms with Gasteiger partial charge in [0.05, 0.1) is 21.1 Å². The van der Waals surface area contributed by atoms with Crippen LogP contribution in [-0.2, 0) is 11.0 Å². The van der Waals surface area contributed by atoms with E-state index in [1.165, 1.54) is 17.0 Å². The summed E-state index contributed by atoms with van der Waals surface area (Å²) in [5, 5.41) is 11.4. The quantitative estimate of drug-likeness (QED) is 0.134. The number of nitro benzene ring substituents is 1. The van der Waals surface area contributed by atoms with Crippen LogP contribution >= 0.6 is 39.9 Å². The SMILES string of the molecule is O=C1/C(=C\c2ccccc2Oc2ccc(C(F)(F)F)cc2[N+](=O)[O-])SC(=S)N1c1ccc(Br)cc1. The van der Waals surface area contributed by atoms with Gasteiger partial charge in [-0.15, -0.1) is 0 Å². The zero-order valence-corrected chi connectivity index (χ0v) is 20.5. The normalized spacial score (nSPS) is 15.1. The number of thioether (sulfide) groups is 1. The van der Waals surface area contributed by atoms with Crippen molar-refractivity contribution in [1.29, 1.82) is 0 Å². The Hall–Kier alpha value is -3.22. The number of hydrogen-bond donors (Lipinski definition) is 0. The van der Waals surface area contributed by atoms with Gasteiger partial charge in [0.15, 0.2) is 4.32 Å². The molecule has 0 aliphatic carbocycles. The summed E-state index contributed by atoms with van der Waals surface area (Å²) in [4.78, 5) is 25.2.